The number of hydrogen-bond donors (Lipinski definition) is 1. The highest BCUT2D eigenvalue weighted by Crippen LogP contribution is 2.25. The molecule has 0 saturated carbocycles. The van der Waals surface area contributed by atoms with Gasteiger partial charge in [-0.2, -0.15) is 0 Å². The fourth-order valence-electron chi connectivity index (χ4n) is 1.82. The lowest BCUT2D eigenvalue weighted by molar-refractivity contribution is 0.391. The Hall–Kier alpha value is -2.43. The second-order valence-electron chi connectivity index (χ2n) is 4.11. The maximum Gasteiger partial charge on any atom is 0.129 e. The Labute approximate surface area is 118 Å². The van der Waals surface area contributed by atoms with Crippen LogP contribution >= 0.6 is 0 Å². The van der Waals surface area contributed by atoms with Gasteiger partial charge in [-0.25, -0.2) is 4.98 Å². The molecular weight excluding hydrogens is 256 g/mol. The van der Waals surface area contributed by atoms with Crippen LogP contribution in [0.1, 0.15) is 5.56 Å². The normalized spacial score (nSPS) is 9.95. The standard InChI is InChI=1S/C15H18N2O3/c1-18-12-5-4-11(14(8-12)20-3)10-17-15-9-13(19-2)6-7-16-15/h4-9H,10H2,1-3H3,(H,16,17). The fraction of sp³-hybridized carbons (Fsp3) is 0.267. The highest BCUT2D eigenvalue weighted by molar-refractivity contribution is 5.45. The summed E-state index contributed by atoms with van der Waals surface area (Å²) in [4.78, 5) is 4.24. The summed E-state index contributed by atoms with van der Waals surface area (Å²) in [6.45, 7) is 0.604. The first-order chi connectivity index (χ1) is 9.76. The molecule has 0 fully saturated rings. The molecule has 1 aromatic carbocycles. The second kappa shape index (κ2) is 6.65. The van der Waals surface area contributed by atoms with Gasteiger partial charge in [0.2, 0.25) is 0 Å². The van der Waals surface area contributed by atoms with Gasteiger partial charge in [0.05, 0.1) is 21.3 Å². The minimum Gasteiger partial charge on any atom is -0.497 e. The molecule has 0 unspecified atom stereocenters. The van der Waals surface area contributed by atoms with Crippen molar-refractivity contribution in [2.24, 2.45) is 0 Å². The van der Waals surface area contributed by atoms with E-state index in [0.717, 1.165) is 28.6 Å². The molecule has 20 heavy (non-hydrogen) atoms. The van der Waals surface area contributed by atoms with Gasteiger partial charge in [-0.3, -0.25) is 0 Å². The van der Waals surface area contributed by atoms with Crippen molar-refractivity contribution in [3.8, 4) is 17.2 Å². The van der Waals surface area contributed by atoms with Crippen molar-refractivity contribution in [1.82, 2.24) is 4.98 Å². The second-order valence-corrected chi connectivity index (χ2v) is 4.11. The number of nitrogens with zero attached hydrogens (tertiary/aromatic N) is 1. The van der Waals surface area contributed by atoms with Crippen molar-refractivity contribution >= 4 is 5.82 Å². The van der Waals surface area contributed by atoms with Crippen molar-refractivity contribution in [2.75, 3.05) is 26.6 Å². The molecule has 5 heteroatoms. The van der Waals surface area contributed by atoms with E-state index in [2.05, 4.69) is 10.3 Å². The minimum absolute atomic E-state index is 0.604. The fourth-order valence-corrected chi connectivity index (χ4v) is 1.82. The van der Waals surface area contributed by atoms with Crippen LogP contribution in [0, 0.1) is 0 Å². The van der Waals surface area contributed by atoms with Crippen LogP contribution in [-0.4, -0.2) is 26.3 Å². The van der Waals surface area contributed by atoms with E-state index in [4.69, 9.17) is 14.2 Å². The minimum atomic E-state index is 0.604. The van der Waals surface area contributed by atoms with Gasteiger partial charge < -0.3 is 19.5 Å². The van der Waals surface area contributed by atoms with E-state index < -0.39 is 0 Å². The molecule has 0 aliphatic carbocycles. The van der Waals surface area contributed by atoms with Crippen molar-refractivity contribution < 1.29 is 14.2 Å². The zero-order valence-electron chi connectivity index (χ0n) is 11.8. The van der Waals surface area contributed by atoms with Crippen molar-refractivity contribution in [3.05, 3.63) is 42.1 Å². The average molecular weight is 274 g/mol. The van der Waals surface area contributed by atoms with Gasteiger partial charge in [0.1, 0.15) is 23.1 Å². The molecule has 0 saturated heterocycles. The first-order valence-electron chi connectivity index (χ1n) is 6.21. The van der Waals surface area contributed by atoms with E-state index in [-0.39, 0.29) is 0 Å². The molecule has 2 aromatic rings. The Morgan fingerprint density at radius 1 is 0.950 bits per heavy atom. The summed E-state index contributed by atoms with van der Waals surface area (Å²) in [5.41, 5.74) is 1.03. The Balaban J connectivity index is 2.10. The lowest BCUT2D eigenvalue weighted by Crippen LogP contribution is -2.03. The van der Waals surface area contributed by atoms with Crippen LogP contribution in [0.25, 0.3) is 0 Å². The van der Waals surface area contributed by atoms with Crippen LogP contribution in [0.5, 0.6) is 17.2 Å². The number of ether oxygens (including phenoxy) is 3. The monoisotopic (exact) mass is 274 g/mol. The van der Waals surface area contributed by atoms with Gasteiger partial charge in [-0.15, -0.1) is 0 Å². The number of nitrogens with one attached hydrogen (secondary N) is 1. The third kappa shape index (κ3) is 3.32. The van der Waals surface area contributed by atoms with Crippen LogP contribution < -0.4 is 19.5 Å². The van der Waals surface area contributed by atoms with Gasteiger partial charge in [0.25, 0.3) is 0 Å². The first-order valence-corrected chi connectivity index (χ1v) is 6.21. The largest absolute Gasteiger partial charge is 0.497 e. The molecule has 106 valence electrons. The van der Waals surface area contributed by atoms with E-state index in [1.165, 1.54) is 0 Å². The third-order valence-corrected chi connectivity index (χ3v) is 2.92. The number of anilines is 1. The predicted molar refractivity (Wildman–Crippen MR) is 77.7 cm³/mol. The first kappa shape index (κ1) is 14.0. The van der Waals surface area contributed by atoms with Crippen molar-refractivity contribution in [1.29, 1.82) is 0 Å². The molecular formula is C15H18N2O3. The lowest BCUT2D eigenvalue weighted by atomic mass is 10.2. The van der Waals surface area contributed by atoms with Crippen LogP contribution in [0.3, 0.4) is 0 Å². The number of aromatic nitrogens is 1. The predicted octanol–water partition coefficient (Wildman–Crippen LogP) is 2.72. The molecule has 0 radical (unpaired) electrons. The summed E-state index contributed by atoms with van der Waals surface area (Å²) in [5, 5.41) is 3.24. The molecule has 0 amide bonds. The Morgan fingerprint density at radius 3 is 2.40 bits per heavy atom. The summed E-state index contributed by atoms with van der Waals surface area (Å²) >= 11 is 0. The molecule has 5 nitrogen and oxygen atoms in total. The molecule has 0 bridgehead atoms. The molecule has 1 aromatic heterocycles. The highest BCUT2D eigenvalue weighted by Gasteiger charge is 2.05. The summed E-state index contributed by atoms with van der Waals surface area (Å²) in [5.74, 6) is 3.07. The molecule has 0 atom stereocenters. The summed E-state index contributed by atoms with van der Waals surface area (Å²) in [6.07, 6.45) is 1.70. The highest BCUT2D eigenvalue weighted by atomic mass is 16.5. The topological polar surface area (TPSA) is 52.6 Å². The average Bonchev–Trinajstić information content (AvgIpc) is 2.52. The van der Waals surface area contributed by atoms with E-state index >= 15 is 0 Å². The van der Waals surface area contributed by atoms with Crippen molar-refractivity contribution in [2.45, 2.75) is 6.54 Å². The molecule has 2 rings (SSSR count). The maximum absolute atomic E-state index is 5.36. The van der Waals surface area contributed by atoms with Crippen LogP contribution in [0.4, 0.5) is 5.82 Å². The van der Waals surface area contributed by atoms with Gasteiger partial charge >= 0.3 is 0 Å². The lowest BCUT2D eigenvalue weighted by Gasteiger charge is -2.12. The number of benzene rings is 1. The molecule has 1 N–H and O–H groups in total. The Bertz CT molecular complexity index is 573. The SMILES string of the molecule is COc1ccnc(NCc2ccc(OC)cc2OC)c1. The van der Waals surface area contributed by atoms with Crippen LogP contribution in [0.2, 0.25) is 0 Å². The van der Waals surface area contributed by atoms with E-state index in [0.29, 0.717) is 6.54 Å². The summed E-state index contributed by atoms with van der Waals surface area (Å²) in [6, 6.07) is 9.37. The van der Waals surface area contributed by atoms with Crippen molar-refractivity contribution in [3.63, 3.8) is 0 Å². The van der Waals surface area contributed by atoms with Crippen LogP contribution in [0.15, 0.2) is 36.5 Å². The molecule has 0 spiro atoms. The number of rotatable bonds is 6. The quantitative estimate of drug-likeness (QED) is 0.877. The maximum atomic E-state index is 5.36. The van der Waals surface area contributed by atoms with Gasteiger partial charge in [-0.05, 0) is 18.2 Å². The van der Waals surface area contributed by atoms with E-state index in [9.17, 15) is 0 Å². The van der Waals surface area contributed by atoms with E-state index in [1.54, 1.807) is 33.6 Å². The van der Waals surface area contributed by atoms with Gasteiger partial charge in [-0.1, -0.05) is 0 Å². The van der Waals surface area contributed by atoms with Gasteiger partial charge in [0.15, 0.2) is 0 Å². The smallest absolute Gasteiger partial charge is 0.129 e. The number of methoxy groups -OCH3 is 3. The summed E-state index contributed by atoms with van der Waals surface area (Å²) in [7, 11) is 4.90. The molecule has 0 aliphatic rings. The zero-order valence-corrected chi connectivity index (χ0v) is 11.8. The Kier molecular flexibility index (Phi) is 4.65. The van der Waals surface area contributed by atoms with E-state index in [1.807, 2.05) is 24.3 Å². The zero-order chi connectivity index (χ0) is 14.4. The van der Waals surface area contributed by atoms with Crippen LogP contribution in [-0.2, 0) is 6.54 Å². The number of pyridine rings is 1. The molecule has 1 heterocycles. The molecule has 0 aliphatic heterocycles. The Morgan fingerprint density at radius 2 is 1.70 bits per heavy atom. The number of hydrogen-bond acceptors (Lipinski definition) is 5. The third-order valence-electron chi connectivity index (χ3n) is 2.92. The van der Waals surface area contributed by atoms with Gasteiger partial charge in [0, 0.05) is 30.4 Å². The summed E-state index contributed by atoms with van der Waals surface area (Å²) < 4.78 is 15.7.